The summed E-state index contributed by atoms with van der Waals surface area (Å²) in [5.41, 5.74) is 13.1. The summed E-state index contributed by atoms with van der Waals surface area (Å²) in [6.45, 7) is 3.14. The van der Waals surface area contributed by atoms with Crippen LogP contribution in [0, 0.1) is 22.7 Å². The van der Waals surface area contributed by atoms with Crippen LogP contribution in [0.2, 0.25) is 5.02 Å². The zero-order valence-electron chi connectivity index (χ0n) is 23.5. The Labute approximate surface area is 251 Å². The molecule has 17 heteroatoms. The van der Waals surface area contributed by atoms with Crippen LogP contribution in [0.1, 0.15) is 31.0 Å². The number of esters is 1. The van der Waals surface area contributed by atoms with Crippen molar-refractivity contribution in [3.05, 3.63) is 34.6 Å². The maximum Gasteiger partial charge on any atom is 0.407 e. The van der Waals surface area contributed by atoms with Crippen molar-refractivity contribution in [2.24, 2.45) is 11.5 Å². The average molecular weight is 611 g/mol. The molecule has 3 heterocycles. The van der Waals surface area contributed by atoms with Gasteiger partial charge >= 0.3 is 12.1 Å². The predicted octanol–water partition coefficient (Wildman–Crippen LogP) is 1.22. The molecule has 4 rings (SSSR count). The average Bonchev–Trinajstić information content (AvgIpc) is 3.42. The fourth-order valence-electron chi connectivity index (χ4n) is 4.58. The van der Waals surface area contributed by atoms with Crippen molar-refractivity contribution in [3.8, 4) is 12.1 Å². The van der Waals surface area contributed by atoms with Gasteiger partial charge in [-0.1, -0.05) is 11.6 Å². The van der Waals surface area contributed by atoms with E-state index in [0.717, 1.165) is 0 Å². The number of amides is 1. The van der Waals surface area contributed by atoms with Gasteiger partial charge in [-0.15, -0.1) is 5.10 Å². The number of hydrogen-bond donors (Lipinski definition) is 5. The first-order valence-corrected chi connectivity index (χ1v) is 13.8. The lowest BCUT2D eigenvalue weighted by atomic mass is 10.00. The minimum Gasteiger partial charge on any atom is -0.457 e. The maximum atomic E-state index is 12.7. The number of methoxy groups -OCH3 is 1. The molecule has 1 aliphatic rings. The third kappa shape index (κ3) is 6.95. The third-order valence-electron chi connectivity index (χ3n) is 6.69. The molecule has 2 aromatic heterocycles. The smallest absolute Gasteiger partial charge is 0.407 e. The number of nitrogens with two attached hydrogens (primary N) is 2. The Kier molecular flexibility index (Phi) is 9.99. The number of rotatable bonds is 10. The number of ether oxygens (including phenoxy) is 2. The molecular weight excluding hydrogens is 580 g/mol. The molecular formula is C26H31ClN12O4. The summed E-state index contributed by atoms with van der Waals surface area (Å²) in [4.78, 5) is 35.2. The Morgan fingerprint density at radius 1 is 1.30 bits per heavy atom. The van der Waals surface area contributed by atoms with Crippen molar-refractivity contribution in [1.29, 1.82) is 10.5 Å². The summed E-state index contributed by atoms with van der Waals surface area (Å²) in [7, 11) is 1.24. The number of carbonyl (C=O) groups excluding carboxylic acids is 2. The van der Waals surface area contributed by atoms with Crippen molar-refractivity contribution < 1.29 is 19.1 Å². The van der Waals surface area contributed by atoms with Crippen molar-refractivity contribution in [1.82, 2.24) is 24.9 Å². The van der Waals surface area contributed by atoms with Gasteiger partial charge in [-0.2, -0.15) is 20.0 Å². The number of benzene rings is 1. The monoisotopic (exact) mass is 610 g/mol. The molecule has 226 valence electrons. The van der Waals surface area contributed by atoms with E-state index in [1.54, 1.807) is 12.1 Å². The molecule has 0 bridgehead atoms. The van der Waals surface area contributed by atoms with Gasteiger partial charge in [0.25, 0.3) is 0 Å². The number of nitrogens with zero attached hydrogens (tertiary/aromatic N) is 7. The number of nitrogens with one attached hydrogen (secondary N) is 3. The summed E-state index contributed by atoms with van der Waals surface area (Å²) >= 11 is 6.88. The van der Waals surface area contributed by atoms with Crippen LogP contribution in [0.15, 0.2) is 18.3 Å². The summed E-state index contributed by atoms with van der Waals surface area (Å²) in [5.74, 6) is -0.164. The molecule has 43 heavy (non-hydrogen) atoms. The molecule has 0 saturated carbocycles. The van der Waals surface area contributed by atoms with E-state index in [0.29, 0.717) is 42.4 Å². The molecule has 1 saturated heterocycles. The molecule has 3 aromatic rings. The molecule has 0 radical (unpaired) electrons. The highest BCUT2D eigenvalue weighted by molar-refractivity contribution is 6.36. The second-order valence-corrected chi connectivity index (χ2v) is 9.91. The summed E-state index contributed by atoms with van der Waals surface area (Å²) in [6.07, 6.45) is 0.488. The first-order chi connectivity index (χ1) is 20.7. The number of piperidine rings is 1. The molecule has 1 fully saturated rings. The topological polar surface area (TPSA) is 235 Å². The lowest BCUT2D eigenvalue weighted by Crippen LogP contribution is -2.56. The lowest BCUT2D eigenvalue weighted by molar-refractivity contribution is -0.152. The zero-order valence-corrected chi connectivity index (χ0v) is 24.3. The van der Waals surface area contributed by atoms with Gasteiger partial charge in [0, 0.05) is 13.1 Å². The van der Waals surface area contributed by atoms with Gasteiger partial charge in [0.1, 0.15) is 18.2 Å². The standard InChI is InChI=1S/C26H31ClN12O4/c1-3-32-22-23-33-12-15(11-30)39(23)37-25(36-22)34-18-8-14(10-29)9-19(21(18)27)38-7-5-17(35-26(41)42-2)20(13-38)43-24(40)16(31)4-6-28/h8-9,12,16-17,20H,3-7,13,28,31H2,1-2H3,(H,35,41)(H2,32,34,36,37)/t16-,17+,20+/m0/s1. The van der Waals surface area contributed by atoms with E-state index in [-0.39, 0.29) is 41.7 Å². The van der Waals surface area contributed by atoms with Crippen LogP contribution in [0.4, 0.5) is 27.9 Å². The molecule has 16 nitrogen and oxygen atoms in total. The highest BCUT2D eigenvalue weighted by Crippen LogP contribution is 2.37. The fourth-order valence-corrected chi connectivity index (χ4v) is 4.85. The zero-order chi connectivity index (χ0) is 31.1. The lowest BCUT2D eigenvalue weighted by Gasteiger charge is -2.40. The van der Waals surface area contributed by atoms with Crippen LogP contribution in [-0.2, 0) is 14.3 Å². The van der Waals surface area contributed by atoms with E-state index in [4.69, 9.17) is 32.5 Å². The second-order valence-electron chi connectivity index (χ2n) is 9.54. The number of anilines is 4. The van der Waals surface area contributed by atoms with E-state index < -0.39 is 30.3 Å². The van der Waals surface area contributed by atoms with Gasteiger partial charge in [-0.3, -0.25) is 4.79 Å². The van der Waals surface area contributed by atoms with Gasteiger partial charge in [0.2, 0.25) is 5.95 Å². The number of fused-ring (bicyclic) bond motifs is 1. The largest absolute Gasteiger partial charge is 0.457 e. The predicted molar refractivity (Wildman–Crippen MR) is 157 cm³/mol. The number of alkyl carbamates (subject to hydrolysis) is 1. The van der Waals surface area contributed by atoms with E-state index in [2.05, 4.69) is 37.1 Å². The SMILES string of the molecule is CCNc1nc(Nc2cc(C#N)cc(N3CC[C@@H](NC(=O)OC)[C@H](OC(=O)[C@@H](N)CCN)C3)c2Cl)nn2c(C#N)cnc12. The molecule has 1 amide bonds. The molecule has 3 atom stereocenters. The van der Waals surface area contributed by atoms with Gasteiger partial charge in [-0.05, 0) is 38.4 Å². The van der Waals surface area contributed by atoms with E-state index in [9.17, 15) is 20.1 Å². The number of aromatic nitrogens is 4. The highest BCUT2D eigenvalue weighted by atomic mass is 35.5. The van der Waals surface area contributed by atoms with E-state index in [1.165, 1.54) is 17.8 Å². The molecule has 1 aromatic carbocycles. The first kappa shape index (κ1) is 31.0. The van der Waals surface area contributed by atoms with E-state index >= 15 is 0 Å². The van der Waals surface area contributed by atoms with E-state index in [1.807, 2.05) is 17.9 Å². The minimum atomic E-state index is -0.929. The van der Waals surface area contributed by atoms with Crippen LogP contribution in [0.25, 0.3) is 5.65 Å². The Bertz CT molecular complexity index is 1580. The fraction of sp³-hybridized carbons (Fsp3) is 0.423. The summed E-state index contributed by atoms with van der Waals surface area (Å²) < 4.78 is 11.8. The Balaban J connectivity index is 1.67. The van der Waals surface area contributed by atoms with Crippen molar-refractivity contribution in [2.45, 2.75) is 38.0 Å². The number of nitriles is 2. The van der Waals surface area contributed by atoms with Gasteiger partial charge in [0.05, 0.1) is 53.9 Å². The van der Waals surface area contributed by atoms with Crippen molar-refractivity contribution >= 4 is 52.5 Å². The molecule has 0 spiro atoms. The van der Waals surface area contributed by atoms with Gasteiger partial charge in [0.15, 0.2) is 17.2 Å². The first-order valence-electron chi connectivity index (χ1n) is 13.4. The minimum absolute atomic E-state index is 0.0996. The van der Waals surface area contributed by atoms with Gasteiger partial charge < -0.3 is 41.8 Å². The van der Waals surface area contributed by atoms with Crippen molar-refractivity contribution in [3.63, 3.8) is 0 Å². The number of imidazole rings is 1. The second kappa shape index (κ2) is 13.8. The van der Waals surface area contributed by atoms with Crippen LogP contribution >= 0.6 is 11.6 Å². The summed E-state index contributed by atoms with van der Waals surface area (Å²) in [6, 6.07) is 5.82. The molecule has 0 aliphatic carbocycles. The van der Waals surface area contributed by atoms with Crippen LogP contribution < -0.4 is 32.3 Å². The molecule has 7 N–H and O–H groups in total. The Morgan fingerprint density at radius 2 is 2.09 bits per heavy atom. The number of carbonyl (C=O) groups is 2. The quantitative estimate of drug-likeness (QED) is 0.203. The van der Waals surface area contributed by atoms with Crippen LogP contribution in [-0.4, -0.2) is 83.1 Å². The number of halogens is 1. The third-order valence-corrected chi connectivity index (χ3v) is 7.08. The van der Waals surface area contributed by atoms with Crippen molar-refractivity contribution in [2.75, 3.05) is 48.8 Å². The molecule has 1 aliphatic heterocycles. The van der Waals surface area contributed by atoms with Gasteiger partial charge in [-0.25, -0.2) is 9.78 Å². The Morgan fingerprint density at radius 3 is 2.77 bits per heavy atom. The maximum absolute atomic E-state index is 12.7. The molecule has 0 unspecified atom stereocenters. The Hall–Kier alpha value is -4.90. The van der Waals surface area contributed by atoms with Crippen LogP contribution in [0.5, 0.6) is 0 Å². The number of hydrogen-bond acceptors (Lipinski definition) is 14. The summed E-state index contributed by atoms with van der Waals surface area (Å²) in [5, 5.41) is 32.8. The van der Waals surface area contributed by atoms with Crippen LogP contribution in [0.3, 0.4) is 0 Å². The normalized spacial score (nSPS) is 17.0. The highest BCUT2D eigenvalue weighted by Gasteiger charge is 2.35.